The van der Waals surface area contributed by atoms with Crippen LogP contribution < -0.4 is 0 Å². The fraction of sp³-hybridized carbons (Fsp3) is 0.333. The topological polar surface area (TPSA) is 20.2 Å². The van der Waals surface area contributed by atoms with Gasteiger partial charge in [-0.1, -0.05) is 12.1 Å². The minimum Gasteiger partial charge on any atom is -0.396 e. The fourth-order valence-electron chi connectivity index (χ4n) is 1.11. The van der Waals surface area contributed by atoms with Crippen LogP contribution >= 0.6 is 15.9 Å². The van der Waals surface area contributed by atoms with E-state index in [-0.39, 0.29) is 17.5 Å². The monoisotopic (exact) mass is 268 g/mol. The number of benzene rings is 1. The highest BCUT2D eigenvalue weighted by Gasteiger charge is 2.33. The highest BCUT2D eigenvalue weighted by molar-refractivity contribution is 9.10. The lowest BCUT2D eigenvalue weighted by molar-refractivity contribution is -0.138. The molecule has 0 atom stereocenters. The molecule has 0 saturated carbocycles. The van der Waals surface area contributed by atoms with Crippen molar-refractivity contribution in [2.24, 2.45) is 0 Å². The van der Waals surface area contributed by atoms with Crippen molar-refractivity contribution < 1.29 is 18.3 Å². The Morgan fingerprint density at radius 3 is 2.43 bits per heavy atom. The summed E-state index contributed by atoms with van der Waals surface area (Å²) in [5.41, 5.74) is -0.245. The van der Waals surface area contributed by atoms with Crippen LogP contribution in [0.2, 0.25) is 0 Å². The Bertz CT molecular complexity index is 322. The van der Waals surface area contributed by atoms with Crippen LogP contribution in [0.4, 0.5) is 13.2 Å². The molecule has 0 spiro atoms. The average molecular weight is 269 g/mol. The van der Waals surface area contributed by atoms with E-state index in [0.717, 1.165) is 6.07 Å². The smallest absolute Gasteiger partial charge is 0.396 e. The molecular formula is C9H8BrF3O. The molecule has 14 heavy (non-hydrogen) atoms. The van der Waals surface area contributed by atoms with Gasteiger partial charge in [-0.05, 0) is 34.0 Å². The predicted octanol–water partition coefficient (Wildman–Crippen LogP) is 3.00. The van der Waals surface area contributed by atoms with Crippen molar-refractivity contribution in [3.05, 3.63) is 33.8 Å². The SMILES string of the molecule is OCCc1cccc(C(F)(F)F)c1Br. The number of aliphatic hydroxyl groups excluding tert-OH is 1. The number of hydrogen-bond acceptors (Lipinski definition) is 1. The summed E-state index contributed by atoms with van der Waals surface area (Å²) >= 11 is 2.89. The lowest BCUT2D eigenvalue weighted by atomic mass is 10.1. The molecule has 1 N–H and O–H groups in total. The van der Waals surface area contributed by atoms with E-state index in [1.807, 2.05) is 0 Å². The Hall–Kier alpha value is -0.550. The van der Waals surface area contributed by atoms with Crippen LogP contribution in [0.5, 0.6) is 0 Å². The molecule has 0 aliphatic carbocycles. The number of hydrogen-bond donors (Lipinski definition) is 1. The second kappa shape index (κ2) is 4.31. The maximum Gasteiger partial charge on any atom is 0.417 e. The van der Waals surface area contributed by atoms with Crippen molar-refractivity contribution in [1.29, 1.82) is 0 Å². The number of rotatable bonds is 2. The molecule has 1 nitrogen and oxygen atoms in total. The maximum atomic E-state index is 12.4. The molecule has 78 valence electrons. The quantitative estimate of drug-likeness (QED) is 0.875. The molecule has 5 heteroatoms. The van der Waals surface area contributed by atoms with Gasteiger partial charge >= 0.3 is 6.18 Å². The molecule has 0 aliphatic rings. The Morgan fingerprint density at radius 1 is 1.29 bits per heavy atom. The van der Waals surface area contributed by atoms with Crippen molar-refractivity contribution in [1.82, 2.24) is 0 Å². The summed E-state index contributed by atoms with van der Waals surface area (Å²) in [5, 5.41) is 8.64. The second-order valence-electron chi connectivity index (χ2n) is 2.75. The van der Waals surface area contributed by atoms with Gasteiger partial charge in [-0.3, -0.25) is 0 Å². The van der Waals surface area contributed by atoms with Gasteiger partial charge in [-0.2, -0.15) is 13.2 Å². The molecular weight excluding hydrogens is 261 g/mol. The summed E-state index contributed by atoms with van der Waals surface area (Å²) in [6.45, 7) is -0.167. The molecule has 0 bridgehead atoms. The van der Waals surface area contributed by atoms with Crippen LogP contribution in [0.25, 0.3) is 0 Å². The van der Waals surface area contributed by atoms with E-state index in [1.165, 1.54) is 6.07 Å². The van der Waals surface area contributed by atoms with E-state index in [1.54, 1.807) is 6.07 Å². The average Bonchev–Trinajstić information content (AvgIpc) is 2.07. The lowest BCUT2D eigenvalue weighted by Crippen LogP contribution is -2.07. The van der Waals surface area contributed by atoms with Crippen molar-refractivity contribution in [3.8, 4) is 0 Å². The summed E-state index contributed by atoms with van der Waals surface area (Å²) in [7, 11) is 0. The number of alkyl halides is 3. The summed E-state index contributed by atoms with van der Waals surface area (Å²) in [6.07, 6.45) is -4.14. The van der Waals surface area contributed by atoms with Gasteiger partial charge in [0.1, 0.15) is 0 Å². The molecule has 0 unspecified atom stereocenters. The molecule has 0 radical (unpaired) electrons. The molecule has 0 fully saturated rings. The minimum absolute atomic E-state index is 0.0153. The van der Waals surface area contributed by atoms with Crippen molar-refractivity contribution >= 4 is 15.9 Å². The molecule has 0 aliphatic heterocycles. The third-order valence-corrected chi connectivity index (χ3v) is 2.70. The minimum atomic E-state index is -4.36. The highest BCUT2D eigenvalue weighted by Crippen LogP contribution is 2.36. The Labute approximate surface area is 87.7 Å². The first-order valence-corrected chi connectivity index (χ1v) is 4.71. The van der Waals surface area contributed by atoms with Gasteiger partial charge in [0.25, 0.3) is 0 Å². The molecule has 0 amide bonds. The van der Waals surface area contributed by atoms with Gasteiger partial charge in [-0.15, -0.1) is 0 Å². The van der Waals surface area contributed by atoms with Crippen molar-refractivity contribution in [2.75, 3.05) is 6.61 Å². The van der Waals surface area contributed by atoms with E-state index in [9.17, 15) is 13.2 Å². The zero-order valence-electron chi connectivity index (χ0n) is 7.11. The number of aliphatic hydroxyl groups is 1. The van der Waals surface area contributed by atoms with E-state index >= 15 is 0 Å². The summed E-state index contributed by atoms with van der Waals surface area (Å²) < 4.78 is 37.1. The third kappa shape index (κ3) is 2.48. The van der Waals surface area contributed by atoms with Crippen LogP contribution in [0.1, 0.15) is 11.1 Å². The first-order chi connectivity index (χ1) is 6.46. The van der Waals surface area contributed by atoms with Crippen LogP contribution in [-0.4, -0.2) is 11.7 Å². The lowest BCUT2D eigenvalue weighted by Gasteiger charge is -2.11. The van der Waals surface area contributed by atoms with Crippen molar-refractivity contribution in [2.45, 2.75) is 12.6 Å². The summed E-state index contributed by atoms with van der Waals surface area (Å²) in [4.78, 5) is 0. The Kier molecular flexibility index (Phi) is 3.55. The fourth-order valence-corrected chi connectivity index (χ4v) is 1.80. The van der Waals surface area contributed by atoms with Gasteiger partial charge in [0.2, 0.25) is 0 Å². The molecule has 1 aromatic rings. The zero-order chi connectivity index (χ0) is 10.8. The van der Waals surface area contributed by atoms with Crippen LogP contribution in [-0.2, 0) is 12.6 Å². The molecule has 0 saturated heterocycles. The first-order valence-electron chi connectivity index (χ1n) is 3.92. The maximum absolute atomic E-state index is 12.4. The summed E-state index contributed by atoms with van der Waals surface area (Å²) in [6, 6.07) is 3.89. The van der Waals surface area contributed by atoms with Crippen LogP contribution in [0.15, 0.2) is 22.7 Å². The molecule has 0 aromatic heterocycles. The molecule has 1 aromatic carbocycles. The van der Waals surface area contributed by atoms with Crippen molar-refractivity contribution in [3.63, 3.8) is 0 Å². The Morgan fingerprint density at radius 2 is 1.93 bits per heavy atom. The largest absolute Gasteiger partial charge is 0.417 e. The standard InChI is InChI=1S/C9H8BrF3O/c10-8-6(4-5-14)2-1-3-7(8)9(11,12)13/h1-3,14H,4-5H2. The number of halogens is 4. The van der Waals surface area contributed by atoms with E-state index < -0.39 is 11.7 Å². The van der Waals surface area contributed by atoms with Crippen LogP contribution in [0.3, 0.4) is 0 Å². The zero-order valence-corrected chi connectivity index (χ0v) is 8.69. The van der Waals surface area contributed by atoms with Gasteiger partial charge in [-0.25, -0.2) is 0 Å². The molecule has 0 heterocycles. The van der Waals surface area contributed by atoms with Gasteiger partial charge < -0.3 is 5.11 Å². The van der Waals surface area contributed by atoms with E-state index in [0.29, 0.717) is 5.56 Å². The predicted molar refractivity (Wildman–Crippen MR) is 49.9 cm³/mol. The summed E-state index contributed by atoms with van der Waals surface area (Å²) in [5.74, 6) is 0. The van der Waals surface area contributed by atoms with Gasteiger partial charge in [0, 0.05) is 11.1 Å². The van der Waals surface area contributed by atoms with E-state index in [2.05, 4.69) is 15.9 Å². The first kappa shape index (κ1) is 11.5. The van der Waals surface area contributed by atoms with Gasteiger partial charge in [0.05, 0.1) is 5.56 Å². The Balaban J connectivity index is 3.14. The van der Waals surface area contributed by atoms with Crippen LogP contribution in [0, 0.1) is 0 Å². The molecule has 1 rings (SSSR count). The van der Waals surface area contributed by atoms with E-state index in [4.69, 9.17) is 5.11 Å². The third-order valence-electron chi connectivity index (χ3n) is 1.77. The highest BCUT2D eigenvalue weighted by atomic mass is 79.9. The normalized spacial score (nSPS) is 11.8. The van der Waals surface area contributed by atoms with Gasteiger partial charge in [0.15, 0.2) is 0 Å². The second-order valence-corrected chi connectivity index (χ2v) is 3.54.